The number of nitrogens with one attached hydrogen (secondary N) is 1. The standard InChI is InChI=1S/C25H21Cl2N3O2/c1-4-12-32-21-10-8-20(9-11-21)30-16(2)13-18(17(30)3)14-19(15-28)25(31)29-23-7-5-6-22(26)24(23)27/h4-11,13-14H,1,12H2,2-3H3,(H,29,31)/b19-14-. The van der Waals surface area contributed by atoms with E-state index in [1.54, 1.807) is 30.4 Å². The van der Waals surface area contributed by atoms with Gasteiger partial charge in [0.1, 0.15) is 24.0 Å². The number of anilines is 1. The van der Waals surface area contributed by atoms with Crippen LogP contribution >= 0.6 is 23.2 Å². The third kappa shape index (κ3) is 5.05. The molecule has 0 saturated heterocycles. The third-order valence-electron chi connectivity index (χ3n) is 4.80. The molecule has 0 unspecified atom stereocenters. The van der Waals surface area contributed by atoms with E-state index in [1.165, 1.54) is 0 Å². The predicted octanol–water partition coefficient (Wildman–Crippen LogP) is 6.51. The van der Waals surface area contributed by atoms with Gasteiger partial charge in [0.25, 0.3) is 5.91 Å². The van der Waals surface area contributed by atoms with Gasteiger partial charge in [0.15, 0.2) is 0 Å². The minimum absolute atomic E-state index is 0.0468. The molecule has 5 nitrogen and oxygen atoms in total. The number of benzene rings is 2. The summed E-state index contributed by atoms with van der Waals surface area (Å²) in [5, 5.41) is 12.8. The average molecular weight is 466 g/mol. The van der Waals surface area contributed by atoms with Crippen LogP contribution in [-0.2, 0) is 4.79 Å². The number of nitrogens with zero attached hydrogens (tertiary/aromatic N) is 2. The van der Waals surface area contributed by atoms with Crippen LogP contribution in [0.2, 0.25) is 10.0 Å². The van der Waals surface area contributed by atoms with Crippen LogP contribution in [0.15, 0.2) is 66.8 Å². The minimum Gasteiger partial charge on any atom is -0.490 e. The molecular weight excluding hydrogens is 445 g/mol. The first-order valence-corrected chi connectivity index (χ1v) is 10.5. The highest BCUT2D eigenvalue weighted by atomic mass is 35.5. The van der Waals surface area contributed by atoms with Gasteiger partial charge in [-0.15, -0.1) is 0 Å². The lowest BCUT2D eigenvalue weighted by Gasteiger charge is -2.11. The van der Waals surface area contributed by atoms with E-state index in [2.05, 4.69) is 11.9 Å². The number of halogens is 2. The highest BCUT2D eigenvalue weighted by Gasteiger charge is 2.15. The van der Waals surface area contributed by atoms with Gasteiger partial charge in [0.05, 0.1) is 15.7 Å². The Bertz CT molecular complexity index is 1240. The second-order valence-corrected chi connectivity index (χ2v) is 7.77. The first kappa shape index (κ1) is 23.2. The maximum Gasteiger partial charge on any atom is 0.266 e. The van der Waals surface area contributed by atoms with Crippen molar-refractivity contribution >= 4 is 40.9 Å². The molecule has 0 radical (unpaired) electrons. The van der Waals surface area contributed by atoms with E-state index in [0.717, 1.165) is 28.4 Å². The van der Waals surface area contributed by atoms with Crippen molar-refractivity contribution in [3.05, 3.63) is 93.8 Å². The Hall–Kier alpha value is -3.46. The highest BCUT2D eigenvalue weighted by molar-refractivity contribution is 6.44. The zero-order valence-corrected chi connectivity index (χ0v) is 19.2. The maximum absolute atomic E-state index is 12.7. The Labute approximate surface area is 197 Å². The predicted molar refractivity (Wildman–Crippen MR) is 130 cm³/mol. The summed E-state index contributed by atoms with van der Waals surface area (Å²) in [5.41, 5.74) is 3.86. The molecule has 0 bridgehead atoms. The first-order valence-electron chi connectivity index (χ1n) is 9.76. The fraction of sp³-hybridized carbons (Fsp3) is 0.120. The summed E-state index contributed by atoms with van der Waals surface area (Å²) in [6, 6.07) is 16.5. The van der Waals surface area contributed by atoms with E-state index in [0.29, 0.717) is 17.3 Å². The average Bonchev–Trinajstić information content (AvgIpc) is 3.06. The second-order valence-electron chi connectivity index (χ2n) is 6.98. The smallest absolute Gasteiger partial charge is 0.266 e. The number of carbonyl (C=O) groups is 1. The number of rotatable bonds is 7. The molecule has 0 atom stereocenters. The van der Waals surface area contributed by atoms with Crippen LogP contribution in [0, 0.1) is 25.2 Å². The lowest BCUT2D eigenvalue weighted by atomic mass is 10.1. The minimum atomic E-state index is -0.565. The molecule has 1 N–H and O–H groups in total. The topological polar surface area (TPSA) is 67.0 Å². The number of ether oxygens (including phenoxy) is 1. The van der Waals surface area contributed by atoms with Crippen molar-refractivity contribution in [2.45, 2.75) is 13.8 Å². The van der Waals surface area contributed by atoms with Crippen molar-refractivity contribution in [3.63, 3.8) is 0 Å². The zero-order chi connectivity index (χ0) is 23.3. The van der Waals surface area contributed by atoms with Crippen molar-refractivity contribution < 1.29 is 9.53 Å². The molecule has 0 aliphatic heterocycles. The normalized spacial score (nSPS) is 11.0. The largest absolute Gasteiger partial charge is 0.490 e. The Morgan fingerprint density at radius 3 is 2.59 bits per heavy atom. The maximum atomic E-state index is 12.7. The molecule has 1 heterocycles. The van der Waals surface area contributed by atoms with Crippen molar-refractivity contribution in [1.82, 2.24) is 4.57 Å². The highest BCUT2D eigenvalue weighted by Crippen LogP contribution is 2.30. The number of hydrogen-bond acceptors (Lipinski definition) is 3. The number of amides is 1. The molecule has 0 fully saturated rings. The van der Waals surface area contributed by atoms with Crippen molar-refractivity contribution in [2.24, 2.45) is 0 Å². The molecule has 0 aliphatic carbocycles. The van der Waals surface area contributed by atoms with Crippen LogP contribution in [0.4, 0.5) is 5.69 Å². The van der Waals surface area contributed by atoms with Crippen LogP contribution in [0.5, 0.6) is 5.75 Å². The van der Waals surface area contributed by atoms with E-state index in [-0.39, 0.29) is 10.6 Å². The van der Waals surface area contributed by atoms with Crippen LogP contribution < -0.4 is 10.1 Å². The molecule has 0 spiro atoms. The van der Waals surface area contributed by atoms with Crippen LogP contribution in [0.25, 0.3) is 11.8 Å². The molecule has 0 saturated carbocycles. The molecule has 162 valence electrons. The summed E-state index contributed by atoms with van der Waals surface area (Å²) in [6.45, 7) is 7.98. The fourth-order valence-electron chi connectivity index (χ4n) is 3.27. The number of nitriles is 1. The lowest BCUT2D eigenvalue weighted by molar-refractivity contribution is -0.112. The van der Waals surface area contributed by atoms with Gasteiger partial charge in [-0.3, -0.25) is 4.79 Å². The molecule has 0 aliphatic rings. The molecule has 2 aromatic carbocycles. The second kappa shape index (κ2) is 10.2. The molecule has 3 rings (SSSR count). The lowest BCUT2D eigenvalue weighted by Crippen LogP contribution is -2.13. The molecule has 3 aromatic rings. The van der Waals surface area contributed by atoms with Gasteiger partial charge in [0, 0.05) is 17.1 Å². The summed E-state index contributed by atoms with van der Waals surface area (Å²) in [6.07, 6.45) is 3.25. The van der Waals surface area contributed by atoms with Crippen LogP contribution in [0.3, 0.4) is 0 Å². The molecular formula is C25H21Cl2N3O2. The molecule has 1 amide bonds. The van der Waals surface area contributed by atoms with Gasteiger partial charge in [0.2, 0.25) is 0 Å². The van der Waals surface area contributed by atoms with Gasteiger partial charge in [-0.1, -0.05) is 41.9 Å². The Morgan fingerprint density at radius 2 is 1.94 bits per heavy atom. The molecule has 32 heavy (non-hydrogen) atoms. The van der Waals surface area contributed by atoms with E-state index < -0.39 is 5.91 Å². The Morgan fingerprint density at radius 1 is 1.22 bits per heavy atom. The Balaban J connectivity index is 1.89. The number of hydrogen-bond donors (Lipinski definition) is 1. The number of carbonyl (C=O) groups excluding carboxylic acids is 1. The SMILES string of the molecule is C=CCOc1ccc(-n2c(C)cc(/C=C(/C#N)C(=O)Nc3cccc(Cl)c3Cl)c2C)cc1. The summed E-state index contributed by atoms with van der Waals surface area (Å²) >= 11 is 12.1. The van der Waals surface area contributed by atoms with Crippen molar-refractivity contribution in [2.75, 3.05) is 11.9 Å². The zero-order valence-electron chi connectivity index (χ0n) is 17.7. The molecule has 1 aromatic heterocycles. The first-order chi connectivity index (χ1) is 15.3. The van der Waals surface area contributed by atoms with Gasteiger partial charge in [-0.05, 0) is 68.0 Å². The summed E-state index contributed by atoms with van der Waals surface area (Å²) in [7, 11) is 0. The van der Waals surface area contributed by atoms with Gasteiger partial charge in [-0.2, -0.15) is 5.26 Å². The van der Waals surface area contributed by atoms with E-state index in [1.807, 2.05) is 54.8 Å². The monoisotopic (exact) mass is 465 g/mol. The van der Waals surface area contributed by atoms with Crippen molar-refractivity contribution in [1.29, 1.82) is 5.26 Å². The van der Waals surface area contributed by atoms with Crippen molar-refractivity contribution in [3.8, 4) is 17.5 Å². The van der Waals surface area contributed by atoms with Gasteiger partial charge >= 0.3 is 0 Å². The number of aryl methyl sites for hydroxylation is 1. The third-order valence-corrected chi connectivity index (χ3v) is 5.62. The molecule has 7 heteroatoms. The van der Waals surface area contributed by atoms with Crippen LogP contribution in [0.1, 0.15) is 17.0 Å². The summed E-state index contributed by atoms with van der Waals surface area (Å²) in [4.78, 5) is 12.7. The summed E-state index contributed by atoms with van der Waals surface area (Å²) < 4.78 is 7.58. The van der Waals surface area contributed by atoms with Gasteiger partial charge < -0.3 is 14.6 Å². The quantitative estimate of drug-likeness (QED) is 0.245. The van der Waals surface area contributed by atoms with E-state index in [4.69, 9.17) is 27.9 Å². The van der Waals surface area contributed by atoms with E-state index >= 15 is 0 Å². The number of aromatic nitrogens is 1. The van der Waals surface area contributed by atoms with Crippen LogP contribution in [-0.4, -0.2) is 17.1 Å². The van der Waals surface area contributed by atoms with Gasteiger partial charge in [-0.25, -0.2) is 0 Å². The fourth-order valence-corrected chi connectivity index (χ4v) is 3.62. The Kier molecular flexibility index (Phi) is 7.42. The van der Waals surface area contributed by atoms with E-state index in [9.17, 15) is 10.1 Å². The summed E-state index contributed by atoms with van der Waals surface area (Å²) in [5.74, 6) is 0.185.